The summed E-state index contributed by atoms with van der Waals surface area (Å²) in [7, 11) is 0.172. The minimum absolute atomic E-state index is 0.0770. The third-order valence-electron chi connectivity index (χ3n) is 8.07. The van der Waals surface area contributed by atoms with E-state index in [1.807, 2.05) is 0 Å². The van der Waals surface area contributed by atoms with Crippen LogP contribution in [-0.2, 0) is 14.8 Å². The molecule has 190 valence electrons. The predicted molar refractivity (Wildman–Crippen MR) is 132 cm³/mol. The average Bonchev–Trinajstić information content (AvgIpc) is 2.88. The molecule has 9 heteroatoms. The molecule has 0 radical (unpaired) electrons. The van der Waals surface area contributed by atoms with Gasteiger partial charge in [0.1, 0.15) is 5.75 Å². The Kier molecular flexibility index (Phi) is 8.17. The fourth-order valence-corrected chi connectivity index (χ4v) is 7.22. The number of carbonyl (C=O) groups excluding carboxylic acids is 1. The van der Waals surface area contributed by atoms with Crippen molar-refractivity contribution in [1.29, 1.82) is 0 Å². The van der Waals surface area contributed by atoms with Crippen LogP contribution in [-0.4, -0.2) is 93.9 Å². The number of sulfonamides is 1. The summed E-state index contributed by atoms with van der Waals surface area (Å²) < 4.78 is 32.7. The van der Waals surface area contributed by atoms with Crippen LogP contribution in [0.2, 0.25) is 0 Å². The molecule has 0 spiro atoms. The zero-order valence-corrected chi connectivity index (χ0v) is 21.5. The number of likely N-dealkylation sites (N-methyl/N-ethyl adjacent to an activating group) is 1. The predicted octanol–water partition coefficient (Wildman–Crippen LogP) is 2.16. The molecule has 0 bridgehead atoms. The van der Waals surface area contributed by atoms with E-state index in [0.717, 1.165) is 39.0 Å². The molecule has 2 aliphatic heterocycles. The number of benzene rings is 1. The van der Waals surface area contributed by atoms with Gasteiger partial charge < -0.3 is 15.0 Å². The van der Waals surface area contributed by atoms with Crippen LogP contribution in [0.25, 0.3) is 0 Å². The van der Waals surface area contributed by atoms with Crippen molar-refractivity contribution >= 4 is 15.9 Å². The summed E-state index contributed by atoms with van der Waals surface area (Å²) in [5.74, 6) is 0.581. The summed E-state index contributed by atoms with van der Waals surface area (Å²) in [5, 5.41) is 3.29. The molecule has 34 heavy (non-hydrogen) atoms. The van der Waals surface area contributed by atoms with E-state index in [-0.39, 0.29) is 22.3 Å². The van der Waals surface area contributed by atoms with Gasteiger partial charge in [0, 0.05) is 57.3 Å². The molecule has 1 amide bonds. The second kappa shape index (κ2) is 10.9. The number of ether oxygens (including phenoxy) is 1. The first-order valence-corrected chi connectivity index (χ1v) is 14.1. The molecule has 0 aromatic heterocycles. The number of hydrogen-bond donors (Lipinski definition) is 1. The number of hydrogen-bond acceptors (Lipinski definition) is 6. The SMILES string of the molecule is COc1ccc(S(=O)(=O)N2CCC(C(=O)NCC3(N4CCN(C)CC4)CCCCC3)CC2)cc1. The van der Waals surface area contributed by atoms with Crippen molar-refractivity contribution in [2.75, 3.05) is 60.0 Å². The van der Waals surface area contributed by atoms with Crippen LogP contribution in [0.1, 0.15) is 44.9 Å². The molecule has 3 fully saturated rings. The molecular formula is C25H40N4O4S. The summed E-state index contributed by atoms with van der Waals surface area (Å²) in [6.07, 6.45) is 7.15. The number of piperidine rings is 1. The van der Waals surface area contributed by atoms with Gasteiger partial charge in [0.05, 0.1) is 12.0 Å². The smallest absolute Gasteiger partial charge is 0.243 e. The Labute approximate surface area is 204 Å². The van der Waals surface area contributed by atoms with Gasteiger partial charge >= 0.3 is 0 Å². The first-order chi connectivity index (χ1) is 16.3. The molecule has 8 nitrogen and oxygen atoms in total. The molecule has 1 aliphatic carbocycles. The van der Waals surface area contributed by atoms with E-state index in [1.54, 1.807) is 31.4 Å². The van der Waals surface area contributed by atoms with Crippen LogP contribution in [0, 0.1) is 5.92 Å². The standard InChI is InChI=1S/C25H40N4O4S/c1-27-16-18-28(19-17-27)25(12-4-3-5-13-25)20-26-24(30)21-10-14-29(15-11-21)34(31,32)23-8-6-22(33-2)7-9-23/h6-9,21H,3-5,10-20H2,1-2H3,(H,26,30). The topological polar surface area (TPSA) is 82.2 Å². The first kappa shape index (κ1) is 25.4. The van der Waals surface area contributed by atoms with Gasteiger partial charge in [-0.25, -0.2) is 8.42 Å². The van der Waals surface area contributed by atoms with E-state index in [2.05, 4.69) is 22.2 Å². The van der Waals surface area contributed by atoms with Gasteiger partial charge in [-0.3, -0.25) is 9.69 Å². The number of nitrogens with zero attached hydrogens (tertiary/aromatic N) is 3. The summed E-state index contributed by atoms with van der Waals surface area (Å²) in [6, 6.07) is 6.48. The number of amides is 1. The Morgan fingerprint density at radius 3 is 2.21 bits per heavy atom. The molecule has 4 rings (SSSR count). The third kappa shape index (κ3) is 5.58. The normalized spacial score (nSPS) is 23.5. The molecule has 1 saturated carbocycles. The lowest BCUT2D eigenvalue weighted by molar-refractivity contribution is -0.127. The molecule has 1 aromatic rings. The van der Waals surface area contributed by atoms with E-state index in [9.17, 15) is 13.2 Å². The maximum atomic E-state index is 13.1. The lowest BCUT2D eigenvalue weighted by Gasteiger charge is -2.49. The Hall–Kier alpha value is -1.68. The Balaban J connectivity index is 1.32. The Morgan fingerprint density at radius 1 is 1.00 bits per heavy atom. The Morgan fingerprint density at radius 2 is 1.62 bits per heavy atom. The van der Waals surface area contributed by atoms with Gasteiger partial charge in [-0.15, -0.1) is 0 Å². The highest BCUT2D eigenvalue weighted by molar-refractivity contribution is 7.89. The Bertz CT molecular complexity index is 915. The van der Waals surface area contributed by atoms with Crippen molar-refractivity contribution in [3.63, 3.8) is 0 Å². The summed E-state index contributed by atoms with van der Waals surface area (Å²) in [4.78, 5) is 18.4. The third-order valence-corrected chi connectivity index (χ3v) is 9.98. The van der Waals surface area contributed by atoms with Crippen LogP contribution < -0.4 is 10.1 Å². The lowest BCUT2D eigenvalue weighted by atomic mass is 9.79. The van der Waals surface area contributed by atoms with Crippen molar-refractivity contribution in [1.82, 2.24) is 19.4 Å². The molecule has 0 atom stereocenters. The minimum Gasteiger partial charge on any atom is -0.497 e. The molecule has 0 unspecified atom stereocenters. The number of carbonyl (C=O) groups is 1. The van der Waals surface area contributed by atoms with Crippen molar-refractivity contribution in [2.24, 2.45) is 5.92 Å². The largest absolute Gasteiger partial charge is 0.497 e. The van der Waals surface area contributed by atoms with Crippen molar-refractivity contribution in [3.05, 3.63) is 24.3 Å². The van der Waals surface area contributed by atoms with Crippen molar-refractivity contribution in [2.45, 2.75) is 55.4 Å². The van der Waals surface area contributed by atoms with Crippen molar-refractivity contribution < 1.29 is 17.9 Å². The molecule has 2 saturated heterocycles. The fourth-order valence-electron chi connectivity index (χ4n) is 5.75. The second-order valence-electron chi connectivity index (χ2n) is 10.1. The van der Waals surface area contributed by atoms with Crippen LogP contribution in [0.3, 0.4) is 0 Å². The molecule has 2 heterocycles. The van der Waals surface area contributed by atoms with Gasteiger partial charge in [-0.05, 0) is 57.0 Å². The van der Waals surface area contributed by atoms with Crippen LogP contribution in [0.5, 0.6) is 5.75 Å². The van der Waals surface area contributed by atoms with E-state index in [4.69, 9.17) is 4.74 Å². The number of piperazine rings is 1. The van der Waals surface area contributed by atoms with E-state index >= 15 is 0 Å². The lowest BCUT2D eigenvalue weighted by Crippen LogP contribution is -2.61. The first-order valence-electron chi connectivity index (χ1n) is 12.7. The highest BCUT2D eigenvalue weighted by Crippen LogP contribution is 2.34. The highest BCUT2D eigenvalue weighted by atomic mass is 32.2. The molecule has 1 aromatic carbocycles. The fraction of sp³-hybridized carbons (Fsp3) is 0.720. The van der Waals surface area contributed by atoms with Crippen LogP contribution in [0.15, 0.2) is 29.2 Å². The summed E-state index contributed by atoms with van der Waals surface area (Å²) >= 11 is 0. The maximum absolute atomic E-state index is 13.1. The highest BCUT2D eigenvalue weighted by Gasteiger charge is 2.40. The zero-order chi connectivity index (χ0) is 24.2. The van der Waals surface area contributed by atoms with Gasteiger partial charge in [0.2, 0.25) is 15.9 Å². The van der Waals surface area contributed by atoms with Crippen molar-refractivity contribution in [3.8, 4) is 5.75 Å². The second-order valence-corrected chi connectivity index (χ2v) is 12.1. The monoisotopic (exact) mass is 492 g/mol. The van der Waals surface area contributed by atoms with Gasteiger partial charge in [-0.1, -0.05) is 19.3 Å². The summed E-state index contributed by atoms with van der Waals surface area (Å²) in [6.45, 7) is 5.74. The molecule has 3 aliphatic rings. The van der Waals surface area contributed by atoms with Gasteiger partial charge in [0.25, 0.3) is 0 Å². The van der Waals surface area contributed by atoms with Crippen LogP contribution in [0.4, 0.5) is 0 Å². The minimum atomic E-state index is -3.56. The zero-order valence-electron chi connectivity index (χ0n) is 20.7. The van der Waals surface area contributed by atoms with Crippen LogP contribution >= 0.6 is 0 Å². The van der Waals surface area contributed by atoms with E-state index in [0.29, 0.717) is 38.2 Å². The average molecular weight is 493 g/mol. The van der Waals surface area contributed by atoms with E-state index < -0.39 is 10.0 Å². The summed E-state index contributed by atoms with van der Waals surface area (Å²) in [5.41, 5.74) is 0.0770. The van der Waals surface area contributed by atoms with E-state index in [1.165, 1.54) is 23.6 Å². The molecule has 1 N–H and O–H groups in total. The van der Waals surface area contributed by atoms with Gasteiger partial charge in [-0.2, -0.15) is 4.31 Å². The molecular weight excluding hydrogens is 452 g/mol. The number of methoxy groups -OCH3 is 1. The number of rotatable bonds is 7. The quantitative estimate of drug-likeness (QED) is 0.628. The number of nitrogens with one attached hydrogen (secondary N) is 1. The van der Waals surface area contributed by atoms with Gasteiger partial charge in [0.15, 0.2) is 0 Å². The maximum Gasteiger partial charge on any atom is 0.243 e.